The molecule has 1 unspecified atom stereocenters. The van der Waals surface area contributed by atoms with Gasteiger partial charge in [0.2, 0.25) is 0 Å². The number of sulfone groups is 1. The Balaban J connectivity index is 1.96. The molecular formula is C10H17N3O2S. The first-order chi connectivity index (χ1) is 7.39. The van der Waals surface area contributed by atoms with Gasteiger partial charge in [-0.3, -0.25) is 4.68 Å². The zero-order valence-corrected chi connectivity index (χ0v) is 10.4. The second-order valence-corrected chi connectivity index (χ2v) is 6.92. The van der Waals surface area contributed by atoms with Gasteiger partial charge in [-0.25, -0.2) is 8.42 Å². The molecule has 1 saturated heterocycles. The van der Waals surface area contributed by atoms with Crippen LogP contribution in [0.3, 0.4) is 0 Å². The fourth-order valence-corrected chi connectivity index (χ4v) is 4.13. The van der Waals surface area contributed by atoms with Crippen molar-refractivity contribution in [1.82, 2.24) is 15.1 Å². The van der Waals surface area contributed by atoms with Crippen LogP contribution in [0, 0.1) is 0 Å². The van der Waals surface area contributed by atoms with Crippen molar-refractivity contribution in [1.29, 1.82) is 0 Å². The summed E-state index contributed by atoms with van der Waals surface area (Å²) in [6.45, 7) is 2.58. The molecule has 1 atom stereocenters. The van der Waals surface area contributed by atoms with Crippen molar-refractivity contribution in [3.8, 4) is 0 Å². The molecule has 0 saturated carbocycles. The molecule has 1 aliphatic rings. The summed E-state index contributed by atoms with van der Waals surface area (Å²) in [6.07, 6.45) is 2.56. The molecule has 0 aliphatic carbocycles. The zero-order valence-electron chi connectivity index (χ0n) is 9.60. The molecule has 0 aromatic carbocycles. The minimum atomic E-state index is -2.84. The Hall–Kier alpha value is -0.880. The molecule has 1 fully saturated rings. The van der Waals surface area contributed by atoms with E-state index in [0.29, 0.717) is 18.7 Å². The van der Waals surface area contributed by atoms with Crippen LogP contribution in [-0.4, -0.2) is 35.2 Å². The molecular weight excluding hydrogens is 226 g/mol. The molecule has 1 N–H and O–H groups in total. The topological polar surface area (TPSA) is 64.0 Å². The molecule has 6 heteroatoms. The Kier molecular flexibility index (Phi) is 2.79. The Morgan fingerprint density at radius 3 is 2.88 bits per heavy atom. The van der Waals surface area contributed by atoms with Crippen LogP contribution in [0.25, 0.3) is 0 Å². The van der Waals surface area contributed by atoms with Crippen LogP contribution >= 0.6 is 0 Å². The lowest BCUT2D eigenvalue weighted by atomic mass is 10.0. The van der Waals surface area contributed by atoms with Gasteiger partial charge in [-0.15, -0.1) is 0 Å². The van der Waals surface area contributed by atoms with E-state index in [-0.39, 0.29) is 11.3 Å². The lowest BCUT2D eigenvalue weighted by molar-refractivity contribution is 0.392. The van der Waals surface area contributed by atoms with Crippen LogP contribution in [0.15, 0.2) is 12.3 Å². The van der Waals surface area contributed by atoms with Crippen molar-refractivity contribution < 1.29 is 8.42 Å². The first-order valence-electron chi connectivity index (χ1n) is 5.33. The summed E-state index contributed by atoms with van der Waals surface area (Å²) in [5, 5.41) is 7.53. The van der Waals surface area contributed by atoms with Gasteiger partial charge in [0.25, 0.3) is 0 Å². The fraction of sp³-hybridized carbons (Fsp3) is 0.700. The number of aryl methyl sites for hydroxylation is 1. The maximum Gasteiger partial charge on any atom is 0.152 e. The first-order valence-corrected chi connectivity index (χ1v) is 7.15. The molecule has 5 nitrogen and oxygen atoms in total. The van der Waals surface area contributed by atoms with Gasteiger partial charge in [-0.2, -0.15) is 5.10 Å². The maximum atomic E-state index is 11.4. The average Bonchev–Trinajstić information content (AvgIpc) is 2.69. The molecule has 90 valence electrons. The standard InChI is InChI=1S/C10H17N3O2S/c1-10(4-6-16(14,15)8-10)11-7-9-3-5-13(2)12-9/h3,5,11H,4,6-8H2,1-2H3. The van der Waals surface area contributed by atoms with E-state index in [4.69, 9.17) is 0 Å². The summed E-state index contributed by atoms with van der Waals surface area (Å²) in [5.41, 5.74) is 0.643. The highest BCUT2D eigenvalue weighted by Gasteiger charge is 2.37. The highest BCUT2D eigenvalue weighted by molar-refractivity contribution is 7.91. The smallest absolute Gasteiger partial charge is 0.152 e. The summed E-state index contributed by atoms with van der Waals surface area (Å²) in [5.74, 6) is 0.519. The molecule has 0 amide bonds. The number of nitrogens with one attached hydrogen (secondary N) is 1. The molecule has 16 heavy (non-hydrogen) atoms. The van der Waals surface area contributed by atoms with Crippen LogP contribution in [0.5, 0.6) is 0 Å². The van der Waals surface area contributed by atoms with Crippen LogP contribution in [0.4, 0.5) is 0 Å². The van der Waals surface area contributed by atoms with Crippen LogP contribution in [0.2, 0.25) is 0 Å². The number of aromatic nitrogens is 2. The fourth-order valence-electron chi connectivity index (χ4n) is 2.01. The van der Waals surface area contributed by atoms with Gasteiger partial charge in [-0.1, -0.05) is 0 Å². The number of hydrogen-bond donors (Lipinski definition) is 1. The average molecular weight is 243 g/mol. The predicted octanol–water partition coefficient (Wildman–Crippen LogP) is 0.0869. The number of nitrogens with zero attached hydrogens (tertiary/aromatic N) is 2. The minimum absolute atomic E-state index is 0.229. The third-order valence-corrected chi connectivity index (χ3v) is 4.87. The molecule has 1 aromatic heterocycles. The van der Waals surface area contributed by atoms with E-state index < -0.39 is 9.84 Å². The molecule has 0 bridgehead atoms. The summed E-state index contributed by atoms with van der Waals surface area (Å²) in [4.78, 5) is 0. The molecule has 0 spiro atoms. The van der Waals surface area contributed by atoms with Crippen molar-refractivity contribution in [2.75, 3.05) is 11.5 Å². The highest BCUT2D eigenvalue weighted by atomic mass is 32.2. The zero-order chi connectivity index (χ0) is 11.8. The highest BCUT2D eigenvalue weighted by Crippen LogP contribution is 2.23. The van der Waals surface area contributed by atoms with E-state index in [0.717, 1.165) is 5.69 Å². The van der Waals surface area contributed by atoms with Crippen LogP contribution in [0.1, 0.15) is 19.0 Å². The van der Waals surface area contributed by atoms with Gasteiger partial charge >= 0.3 is 0 Å². The van der Waals surface area contributed by atoms with E-state index >= 15 is 0 Å². The lowest BCUT2D eigenvalue weighted by Crippen LogP contribution is -2.42. The second kappa shape index (κ2) is 3.85. The summed E-state index contributed by atoms with van der Waals surface area (Å²) in [6, 6.07) is 1.93. The second-order valence-electron chi connectivity index (χ2n) is 4.74. The van der Waals surface area contributed by atoms with Gasteiger partial charge in [0, 0.05) is 25.3 Å². The van der Waals surface area contributed by atoms with E-state index in [1.807, 2.05) is 26.2 Å². The van der Waals surface area contributed by atoms with Crippen molar-refractivity contribution in [2.45, 2.75) is 25.4 Å². The Morgan fingerprint density at radius 2 is 2.38 bits per heavy atom. The molecule has 2 heterocycles. The monoisotopic (exact) mass is 243 g/mol. The van der Waals surface area contributed by atoms with Gasteiger partial charge in [0.15, 0.2) is 9.84 Å². The van der Waals surface area contributed by atoms with Crippen molar-refractivity contribution in [2.24, 2.45) is 7.05 Å². The van der Waals surface area contributed by atoms with E-state index in [9.17, 15) is 8.42 Å². The Labute approximate surface area is 95.8 Å². The molecule has 1 aliphatic heterocycles. The van der Waals surface area contributed by atoms with Crippen LogP contribution in [-0.2, 0) is 23.4 Å². The number of rotatable bonds is 3. The largest absolute Gasteiger partial charge is 0.305 e. The summed E-state index contributed by atoms with van der Waals surface area (Å²) in [7, 11) is -0.975. The van der Waals surface area contributed by atoms with E-state index in [2.05, 4.69) is 10.4 Å². The normalized spacial score (nSPS) is 28.4. The third-order valence-electron chi connectivity index (χ3n) is 2.97. The Bertz CT molecular complexity index is 480. The Morgan fingerprint density at radius 1 is 1.62 bits per heavy atom. The van der Waals surface area contributed by atoms with E-state index in [1.165, 1.54) is 0 Å². The first kappa shape index (κ1) is 11.6. The quantitative estimate of drug-likeness (QED) is 0.817. The van der Waals surface area contributed by atoms with Gasteiger partial charge in [-0.05, 0) is 19.4 Å². The van der Waals surface area contributed by atoms with Crippen molar-refractivity contribution >= 4 is 9.84 Å². The maximum absolute atomic E-state index is 11.4. The molecule has 1 aromatic rings. The number of hydrogen-bond acceptors (Lipinski definition) is 4. The SMILES string of the molecule is Cn1ccc(CNC2(C)CCS(=O)(=O)C2)n1. The minimum Gasteiger partial charge on any atom is -0.305 e. The molecule has 2 rings (SSSR count). The van der Waals surface area contributed by atoms with Crippen LogP contribution < -0.4 is 5.32 Å². The van der Waals surface area contributed by atoms with Gasteiger partial charge < -0.3 is 5.32 Å². The molecule has 0 radical (unpaired) electrons. The van der Waals surface area contributed by atoms with E-state index in [1.54, 1.807) is 4.68 Å². The van der Waals surface area contributed by atoms with Gasteiger partial charge in [0.1, 0.15) is 0 Å². The van der Waals surface area contributed by atoms with Crippen molar-refractivity contribution in [3.63, 3.8) is 0 Å². The predicted molar refractivity (Wildman–Crippen MR) is 61.7 cm³/mol. The lowest BCUT2D eigenvalue weighted by Gasteiger charge is -2.23. The van der Waals surface area contributed by atoms with Gasteiger partial charge in [0.05, 0.1) is 17.2 Å². The third kappa shape index (κ3) is 2.62. The van der Waals surface area contributed by atoms with Crippen molar-refractivity contribution in [3.05, 3.63) is 18.0 Å². The summed E-state index contributed by atoms with van der Waals surface area (Å²) < 4.78 is 24.5. The summed E-state index contributed by atoms with van der Waals surface area (Å²) >= 11 is 0.